The maximum absolute atomic E-state index is 6.44. The van der Waals surface area contributed by atoms with E-state index >= 15 is 0 Å². The number of nitrogens with two attached hydrogens (primary N) is 1. The smallest absolute Gasteiger partial charge is 0.147 e. The minimum absolute atomic E-state index is 0.482. The van der Waals surface area contributed by atoms with E-state index in [0.717, 1.165) is 28.9 Å². The average molecular weight is 266 g/mol. The van der Waals surface area contributed by atoms with Gasteiger partial charge < -0.3 is 10.6 Å². The van der Waals surface area contributed by atoms with Crippen molar-refractivity contribution in [3.63, 3.8) is 0 Å². The molecule has 0 spiro atoms. The molecule has 4 heteroatoms. The topological polar surface area (TPSA) is 42.1 Å². The minimum Gasteiger partial charge on any atom is -0.352 e. The first kappa shape index (κ1) is 12.2. The molecule has 1 aliphatic heterocycles. The third kappa shape index (κ3) is 1.99. The molecule has 98 valence electrons. The minimum atomic E-state index is 0.482. The first-order chi connectivity index (χ1) is 8.81. The number of halogens is 1. The summed E-state index contributed by atoms with van der Waals surface area (Å²) in [6.07, 6.45) is 8.50. The lowest BCUT2D eigenvalue weighted by molar-refractivity contribution is 0.341. The predicted molar refractivity (Wildman–Crippen MR) is 74.8 cm³/mol. The van der Waals surface area contributed by atoms with E-state index in [9.17, 15) is 0 Å². The summed E-state index contributed by atoms with van der Waals surface area (Å²) in [5.41, 5.74) is 6.72. The monoisotopic (exact) mass is 265 g/mol. The second-order valence-electron chi connectivity index (χ2n) is 5.41. The van der Waals surface area contributed by atoms with E-state index in [2.05, 4.69) is 9.88 Å². The SMILES string of the molecule is NCc1ccnc(N2CCC3CCCCC32)c1Cl. The summed E-state index contributed by atoms with van der Waals surface area (Å²) in [5, 5.41) is 0.756. The van der Waals surface area contributed by atoms with Gasteiger partial charge in [0.1, 0.15) is 5.82 Å². The van der Waals surface area contributed by atoms with Crippen LogP contribution in [0.4, 0.5) is 5.82 Å². The number of nitrogens with zero attached hydrogens (tertiary/aromatic N) is 2. The van der Waals surface area contributed by atoms with Crippen LogP contribution in [0, 0.1) is 5.92 Å². The van der Waals surface area contributed by atoms with Gasteiger partial charge >= 0.3 is 0 Å². The molecule has 1 aliphatic carbocycles. The van der Waals surface area contributed by atoms with Gasteiger partial charge in [0.15, 0.2) is 0 Å². The second kappa shape index (κ2) is 5.06. The van der Waals surface area contributed by atoms with Crippen LogP contribution in [0.2, 0.25) is 5.02 Å². The molecule has 1 aromatic rings. The molecule has 1 saturated carbocycles. The highest BCUT2D eigenvalue weighted by atomic mass is 35.5. The number of anilines is 1. The van der Waals surface area contributed by atoms with Crippen molar-refractivity contribution in [3.8, 4) is 0 Å². The summed E-state index contributed by atoms with van der Waals surface area (Å²) < 4.78 is 0. The summed E-state index contributed by atoms with van der Waals surface area (Å²) in [6.45, 7) is 1.58. The van der Waals surface area contributed by atoms with E-state index in [1.807, 2.05) is 12.3 Å². The standard InChI is InChI=1S/C14H20ClN3/c15-13-11(9-16)5-7-17-14(13)18-8-6-10-3-1-2-4-12(10)18/h5,7,10,12H,1-4,6,8-9,16H2. The molecular formula is C14H20ClN3. The number of fused-ring (bicyclic) bond motifs is 1. The Labute approximate surface area is 113 Å². The fraction of sp³-hybridized carbons (Fsp3) is 0.643. The Hall–Kier alpha value is -0.800. The van der Waals surface area contributed by atoms with Crippen LogP contribution in [0.25, 0.3) is 0 Å². The maximum Gasteiger partial charge on any atom is 0.147 e. The van der Waals surface area contributed by atoms with Gasteiger partial charge in [-0.3, -0.25) is 0 Å². The van der Waals surface area contributed by atoms with Gasteiger partial charge in [0, 0.05) is 25.3 Å². The third-order valence-electron chi connectivity index (χ3n) is 4.45. The molecule has 3 rings (SSSR count). The van der Waals surface area contributed by atoms with Crippen molar-refractivity contribution in [2.24, 2.45) is 11.7 Å². The molecule has 2 aliphatic rings. The highest BCUT2D eigenvalue weighted by Crippen LogP contribution is 2.40. The Balaban J connectivity index is 1.90. The fourth-order valence-electron chi connectivity index (χ4n) is 3.50. The van der Waals surface area contributed by atoms with E-state index < -0.39 is 0 Å². The lowest BCUT2D eigenvalue weighted by Gasteiger charge is -2.33. The normalized spacial score (nSPS) is 27.3. The van der Waals surface area contributed by atoms with Gasteiger partial charge in [-0.1, -0.05) is 24.4 Å². The van der Waals surface area contributed by atoms with E-state index in [1.165, 1.54) is 32.1 Å². The molecule has 2 N–H and O–H groups in total. The van der Waals surface area contributed by atoms with Crippen molar-refractivity contribution in [1.82, 2.24) is 4.98 Å². The van der Waals surface area contributed by atoms with Gasteiger partial charge in [0.25, 0.3) is 0 Å². The van der Waals surface area contributed by atoms with Crippen molar-refractivity contribution in [1.29, 1.82) is 0 Å². The van der Waals surface area contributed by atoms with Crippen LogP contribution in [-0.2, 0) is 6.54 Å². The average Bonchev–Trinajstić information content (AvgIpc) is 2.83. The molecule has 3 nitrogen and oxygen atoms in total. The van der Waals surface area contributed by atoms with Gasteiger partial charge in [-0.05, 0) is 36.8 Å². The van der Waals surface area contributed by atoms with Gasteiger partial charge in [-0.2, -0.15) is 0 Å². The summed E-state index contributed by atoms with van der Waals surface area (Å²) in [5.74, 6) is 1.80. The largest absolute Gasteiger partial charge is 0.352 e. The summed E-state index contributed by atoms with van der Waals surface area (Å²) in [4.78, 5) is 6.92. The number of rotatable bonds is 2. The molecule has 0 aromatic carbocycles. The lowest BCUT2D eigenvalue weighted by Crippen LogP contribution is -2.35. The van der Waals surface area contributed by atoms with Crippen LogP contribution in [0.1, 0.15) is 37.7 Å². The summed E-state index contributed by atoms with van der Waals surface area (Å²) in [6, 6.07) is 2.57. The van der Waals surface area contributed by atoms with Gasteiger partial charge in [0.2, 0.25) is 0 Å². The zero-order valence-electron chi connectivity index (χ0n) is 10.6. The van der Waals surface area contributed by atoms with Crippen LogP contribution < -0.4 is 10.6 Å². The number of pyridine rings is 1. The Morgan fingerprint density at radius 1 is 1.33 bits per heavy atom. The lowest BCUT2D eigenvalue weighted by atomic mass is 9.85. The second-order valence-corrected chi connectivity index (χ2v) is 5.78. The molecular weight excluding hydrogens is 246 g/mol. The molecule has 18 heavy (non-hydrogen) atoms. The van der Waals surface area contributed by atoms with Crippen LogP contribution in [-0.4, -0.2) is 17.6 Å². The Morgan fingerprint density at radius 3 is 3.00 bits per heavy atom. The van der Waals surface area contributed by atoms with E-state index in [0.29, 0.717) is 12.6 Å². The highest BCUT2D eigenvalue weighted by molar-refractivity contribution is 6.33. The molecule has 2 heterocycles. The van der Waals surface area contributed by atoms with Crippen molar-refractivity contribution in [2.75, 3.05) is 11.4 Å². The van der Waals surface area contributed by atoms with Gasteiger partial charge in [0.05, 0.1) is 5.02 Å². The van der Waals surface area contributed by atoms with Crippen LogP contribution >= 0.6 is 11.6 Å². The predicted octanol–water partition coefficient (Wildman–Crippen LogP) is 2.96. The Bertz CT molecular complexity index is 435. The van der Waals surface area contributed by atoms with Crippen molar-refractivity contribution < 1.29 is 0 Å². The quantitative estimate of drug-likeness (QED) is 0.894. The van der Waals surface area contributed by atoms with Crippen molar-refractivity contribution in [2.45, 2.75) is 44.7 Å². The molecule has 2 unspecified atom stereocenters. The molecule has 0 bridgehead atoms. The van der Waals surface area contributed by atoms with Gasteiger partial charge in [-0.25, -0.2) is 4.98 Å². The van der Waals surface area contributed by atoms with E-state index in [4.69, 9.17) is 17.3 Å². The molecule has 0 radical (unpaired) electrons. The first-order valence-corrected chi connectivity index (χ1v) is 7.29. The molecule has 0 amide bonds. The Kier molecular flexibility index (Phi) is 3.44. The third-order valence-corrected chi connectivity index (χ3v) is 4.86. The maximum atomic E-state index is 6.44. The van der Waals surface area contributed by atoms with Crippen LogP contribution in [0.5, 0.6) is 0 Å². The molecule has 1 aromatic heterocycles. The molecule has 2 atom stereocenters. The van der Waals surface area contributed by atoms with Crippen LogP contribution in [0.15, 0.2) is 12.3 Å². The van der Waals surface area contributed by atoms with Crippen molar-refractivity contribution >= 4 is 17.4 Å². The summed E-state index contributed by atoms with van der Waals surface area (Å²) in [7, 11) is 0. The van der Waals surface area contributed by atoms with Gasteiger partial charge in [-0.15, -0.1) is 0 Å². The number of hydrogen-bond donors (Lipinski definition) is 1. The highest BCUT2D eigenvalue weighted by Gasteiger charge is 2.37. The summed E-state index contributed by atoms with van der Waals surface area (Å²) >= 11 is 6.44. The molecule has 2 fully saturated rings. The van der Waals surface area contributed by atoms with E-state index in [-0.39, 0.29) is 0 Å². The zero-order valence-corrected chi connectivity index (χ0v) is 11.4. The molecule has 1 saturated heterocycles. The van der Waals surface area contributed by atoms with Crippen molar-refractivity contribution in [3.05, 3.63) is 22.8 Å². The first-order valence-electron chi connectivity index (χ1n) is 6.91. The van der Waals surface area contributed by atoms with Crippen LogP contribution in [0.3, 0.4) is 0 Å². The van der Waals surface area contributed by atoms with E-state index in [1.54, 1.807) is 0 Å². The number of hydrogen-bond acceptors (Lipinski definition) is 3. The zero-order chi connectivity index (χ0) is 12.5. The number of aromatic nitrogens is 1. The Morgan fingerprint density at radius 2 is 2.17 bits per heavy atom. The fourth-order valence-corrected chi connectivity index (χ4v) is 3.80.